The Kier molecular flexibility index (Phi) is 2.45. The Hall–Kier alpha value is -2.07. The number of aromatic nitrogens is 2. The maximum Gasteiger partial charge on any atom is 0.140 e. The lowest BCUT2D eigenvalue weighted by atomic mass is 10.2. The summed E-state index contributed by atoms with van der Waals surface area (Å²) in [5.74, 6) is 0.306. The molecule has 1 aromatic heterocycles. The lowest BCUT2D eigenvalue weighted by Gasteiger charge is -1.99. The number of halogens is 2. The molecule has 18 heavy (non-hydrogen) atoms. The molecule has 0 aliphatic carbocycles. The third-order valence-electron chi connectivity index (χ3n) is 2.65. The van der Waals surface area contributed by atoms with Crippen LogP contribution in [0.2, 0.25) is 5.02 Å². The van der Waals surface area contributed by atoms with E-state index in [0.29, 0.717) is 27.4 Å². The Balaban J connectivity index is 2.19. The summed E-state index contributed by atoms with van der Waals surface area (Å²) >= 11 is 5.97. The van der Waals surface area contributed by atoms with Gasteiger partial charge in [0.1, 0.15) is 17.4 Å². The molecule has 1 heterocycles. The summed E-state index contributed by atoms with van der Waals surface area (Å²) in [5.41, 5.74) is 2.03. The van der Waals surface area contributed by atoms with E-state index in [2.05, 4.69) is 9.97 Å². The molecule has 0 fully saturated rings. The van der Waals surface area contributed by atoms with E-state index in [4.69, 9.17) is 11.6 Å². The predicted molar refractivity (Wildman–Crippen MR) is 68.2 cm³/mol. The number of phenolic OH excluding ortho intramolecular Hbond substituents is 1. The van der Waals surface area contributed by atoms with Crippen molar-refractivity contribution in [3.8, 4) is 17.1 Å². The van der Waals surface area contributed by atoms with Crippen LogP contribution in [0, 0.1) is 5.82 Å². The average molecular weight is 263 g/mol. The van der Waals surface area contributed by atoms with Gasteiger partial charge in [0.05, 0.1) is 16.1 Å². The maximum atomic E-state index is 13.0. The Bertz CT molecular complexity index is 739. The molecule has 3 rings (SSSR count). The highest BCUT2D eigenvalue weighted by Gasteiger charge is 2.10. The first-order valence-corrected chi connectivity index (χ1v) is 5.65. The number of fused-ring (bicyclic) bond motifs is 1. The van der Waals surface area contributed by atoms with Gasteiger partial charge in [-0.05, 0) is 30.3 Å². The second-order valence-electron chi connectivity index (χ2n) is 3.91. The third kappa shape index (κ3) is 1.80. The molecule has 0 saturated heterocycles. The van der Waals surface area contributed by atoms with Gasteiger partial charge in [-0.2, -0.15) is 0 Å². The van der Waals surface area contributed by atoms with Crippen LogP contribution in [0.5, 0.6) is 5.75 Å². The molecule has 3 aromatic rings. The molecule has 0 unspecified atom stereocenters. The lowest BCUT2D eigenvalue weighted by Crippen LogP contribution is -1.83. The standard InChI is InChI=1S/C13H8ClFN2O/c14-10-5-7(15)1-3-9(10)13-16-11-4-2-8(18)6-12(11)17-13/h1-6,18H,(H,16,17). The molecule has 0 atom stereocenters. The van der Waals surface area contributed by atoms with Crippen LogP contribution in [0.4, 0.5) is 4.39 Å². The Morgan fingerprint density at radius 1 is 1.17 bits per heavy atom. The molecular formula is C13H8ClFN2O. The zero-order valence-electron chi connectivity index (χ0n) is 9.11. The highest BCUT2D eigenvalue weighted by atomic mass is 35.5. The fourth-order valence-corrected chi connectivity index (χ4v) is 2.06. The minimum atomic E-state index is -0.391. The predicted octanol–water partition coefficient (Wildman–Crippen LogP) is 3.73. The average Bonchev–Trinajstić information content (AvgIpc) is 2.71. The van der Waals surface area contributed by atoms with Gasteiger partial charge in [0.2, 0.25) is 0 Å². The molecule has 0 spiro atoms. The van der Waals surface area contributed by atoms with Gasteiger partial charge >= 0.3 is 0 Å². The number of hydrogen-bond donors (Lipinski definition) is 2. The molecule has 0 aliphatic heterocycles. The lowest BCUT2D eigenvalue weighted by molar-refractivity contribution is 0.476. The minimum absolute atomic E-state index is 0.155. The molecule has 2 aromatic carbocycles. The van der Waals surface area contributed by atoms with Gasteiger partial charge in [-0.15, -0.1) is 0 Å². The van der Waals surface area contributed by atoms with Crippen molar-refractivity contribution in [2.24, 2.45) is 0 Å². The van der Waals surface area contributed by atoms with Crippen LogP contribution in [0.3, 0.4) is 0 Å². The largest absolute Gasteiger partial charge is 0.508 e. The molecular weight excluding hydrogens is 255 g/mol. The number of aromatic amines is 1. The number of aromatic hydroxyl groups is 1. The number of imidazole rings is 1. The molecule has 0 aliphatic rings. The van der Waals surface area contributed by atoms with E-state index < -0.39 is 5.82 Å². The van der Waals surface area contributed by atoms with E-state index in [1.807, 2.05) is 0 Å². The molecule has 0 radical (unpaired) electrons. The highest BCUT2D eigenvalue weighted by molar-refractivity contribution is 6.33. The van der Waals surface area contributed by atoms with Crippen molar-refractivity contribution in [1.82, 2.24) is 9.97 Å². The van der Waals surface area contributed by atoms with E-state index in [1.165, 1.54) is 12.1 Å². The topological polar surface area (TPSA) is 48.9 Å². The number of benzene rings is 2. The fraction of sp³-hybridized carbons (Fsp3) is 0. The Morgan fingerprint density at radius 2 is 2.00 bits per heavy atom. The first-order valence-electron chi connectivity index (χ1n) is 5.27. The SMILES string of the molecule is Oc1ccc2nc(-c3ccc(F)cc3Cl)[nH]c2c1. The number of hydrogen-bond acceptors (Lipinski definition) is 2. The van der Waals surface area contributed by atoms with Crippen molar-refractivity contribution < 1.29 is 9.50 Å². The molecule has 2 N–H and O–H groups in total. The highest BCUT2D eigenvalue weighted by Crippen LogP contribution is 2.28. The monoisotopic (exact) mass is 262 g/mol. The number of rotatable bonds is 1. The maximum absolute atomic E-state index is 13.0. The molecule has 90 valence electrons. The molecule has 0 bridgehead atoms. The summed E-state index contributed by atoms with van der Waals surface area (Å²) < 4.78 is 13.0. The summed E-state index contributed by atoms with van der Waals surface area (Å²) in [6.45, 7) is 0. The van der Waals surface area contributed by atoms with Crippen LogP contribution >= 0.6 is 11.6 Å². The zero-order valence-corrected chi connectivity index (χ0v) is 9.87. The summed E-state index contributed by atoms with van der Waals surface area (Å²) in [7, 11) is 0. The van der Waals surface area contributed by atoms with Gasteiger partial charge in [0.15, 0.2) is 0 Å². The van der Waals surface area contributed by atoms with Gasteiger partial charge in [0, 0.05) is 11.6 Å². The minimum Gasteiger partial charge on any atom is -0.508 e. The van der Waals surface area contributed by atoms with Crippen LogP contribution in [0.15, 0.2) is 36.4 Å². The van der Waals surface area contributed by atoms with Crippen LogP contribution in [-0.2, 0) is 0 Å². The normalized spacial score (nSPS) is 11.0. The second-order valence-corrected chi connectivity index (χ2v) is 4.32. The van der Waals surface area contributed by atoms with E-state index in [1.54, 1.807) is 24.3 Å². The van der Waals surface area contributed by atoms with Crippen molar-refractivity contribution in [3.05, 3.63) is 47.2 Å². The van der Waals surface area contributed by atoms with Crippen molar-refractivity contribution in [3.63, 3.8) is 0 Å². The van der Waals surface area contributed by atoms with E-state index >= 15 is 0 Å². The first kappa shape index (κ1) is 11.0. The van der Waals surface area contributed by atoms with E-state index in [9.17, 15) is 9.50 Å². The summed E-state index contributed by atoms with van der Waals surface area (Å²) in [4.78, 5) is 7.38. The fourth-order valence-electron chi connectivity index (χ4n) is 1.81. The van der Waals surface area contributed by atoms with E-state index in [0.717, 1.165) is 0 Å². The van der Waals surface area contributed by atoms with E-state index in [-0.39, 0.29) is 5.75 Å². The molecule has 3 nitrogen and oxygen atoms in total. The number of phenols is 1. The van der Waals surface area contributed by atoms with Crippen molar-refractivity contribution in [2.75, 3.05) is 0 Å². The molecule has 0 amide bonds. The summed E-state index contributed by atoms with van der Waals surface area (Å²) in [5, 5.41) is 9.67. The number of nitrogens with zero attached hydrogens (tertiary/aromatic N) is 1. The van der Waals surface area contributed by atoms with Crippen LogP contribution in [-0.4, -0.2) is 15.1 Å². The zero-order chi connectivity index (χ0) is 12.7. The van der Waals surface area contributed by atoms with Gasteiger partial charge in [0.25, 0.3) is 0 Å². The van der Waals surface area contributed by atoms with Crippen molar-refractivity contribution >= 4 is 22.6 Å². The summed E-state index contributed by atoms with van der Waals surface area (Å²) in [6, 6.07) is 8.95. The van der Waals surface area contributed by atoms with Gasteiger partial charge in [-0.3, -0.25) is 0 Å². The van der Waals surface area contributed by atoms with Gasteiger partial charge in [-0.1, -0.05) is 11.6 Å². The van der Waals surface area contributed by atoms with Crippen molar-refractivity contribution in [2.45, 2.75) is 0 Å². The smallest absolute Gasteiger partial charge is 0.140 e. The van der Waals surface area contributed by atoms with Crippen LogP contribution in [0.25, 0.3) is 22.4 Å². The van der Waals surface area contributed by atoms with Crippen LogP contribution < -0.4 is 0 Å². The molecule has 5 heteroatoms. The molecule has 0 saturated carbocycles. The Labute approximate surface area is 107 Å². The Morgan fingerprint density at radius 3 is 2.78 bits per heavy atom. The van der Waals surface area contributed by atoms with Crippen molar-refractivity contribution in [1.29, 1.82) is 0 Å². The van der Waals surface area contributed by atoms with Crippen LogP contribution in [0.1, 0.15) is 0 Å². The number of nitrogens with one attached hydrogen (secondary N) is 1. The quantitative estimate of drug-likeness (QED) is 0.702. The second kappa shape index (κ2) is 3.99. The number of H-pyrrole nitrogens is 1. The third-order valence-corrected chi connectivity index (χ3v) is 2.96. The first-order chi connectivity index (χ1) is 8.63. The van der Waals surface area contributed by atoms with Gasteiger partial charge in [-0.25, -0.2) is 9.37 Å². The summed E-state index contributed by atoms with van der Waals surface area (Å²) in [6.07, 6.45) is 0. The van der Waals surface area contributed by atoms with Gasteiger partial charge < -0.3 is 10.1 Å².